The maximum absolute atomic E-state index is 12.5. The molecule has 1 saturated heterocycles. The first-order valence-electron chi connectivity index (χ1n) is 8.46. The smallest absolute Gasteiger partial charge is 0.233 e. The van der Waals surface area contributed by atoms with Gasteiger partial charge < -0.3 is 9.64 Å². The third-order valence-electron chi connectivity index (χ3n) is 4.45. The summed E-state index contributed by atoms with van der Waals surface area (Å²) in [5.41, 5.74) is 3.30. The summed E-state index contributed by atoms with van der Waals surface area (Å²) in [6, 6.07) is 6.08. The van der Waals surface area contributed by atoms with Gasteiger partial charge >= 0.3 is 0 Å². The first-order valence-corrected chi connectivity index (χ1v) is 9.45. The van der Waals surface area contributed by atoms with E-state index < -0.39 is 0 Å². The van der Waals surface area contributed by atoms with Crippen LogP contribution in [0.3, 0.4) is 0 Å². The van der Waals surface area contributed by atoms with Gasteiger partial charge in [0.1, 0.15) is 0 Å². The minimum atomic E-state index is 0.0985. The lowest BCUT2D eigenvalue weighted by atomic mass is 10.1. The van der Waals surface area contributed by atoms with Crippen molar-refractivity contribution in [3.63, 3.8) is 0 Å². The molecule has 0 aliphatic carbocycles. The molecule has 1 aromatic heterocycles. The molecule has 0 saturated carbocycles. The fourth-order valence-electron chi connectivity index (χ4n) is 2.70. The van der Waals surface area contributed by atoms with Crippen LogP contribution < -0.4 is 0 Å². The van der Waals surface area contributed by atoms with Crippen molar-refractivity contribution in [1.29, 1.82) is 0 Å². The molecule has 25 heavy (non-hydrogen) atoms. The lowest BCUT2D eigenvalue weighted by Crippen LogP contribution is -2.46. The van der Waals surface area contributed by atoms with Crippen LogP contribution in [0, 0.1) is 13.8 Å². The lowest BCUT2D eigenvalue weighted by Gasteiger charge is -2.32. The molecule has 0 radical (unpaired) electrons. The zero-order chi connectivity index (χ0) is 17.8. The van der Waals surface area contributed by atoms with Gasteiger partial charge in [-0.05, 0) is 54.0 Å². The summed E-state index contributed by atoms with van der Waals surface area (Å²) in [5, 5.41) is 12.5. The Kier molecular flexibility index (Phi) is 5.70. The highest BCUT2D eigenvalue weighted by Crippen LogP contribution is 2.21. The van der Waals surface area contributed by atoms with E-state index in [1.54, 1.807) is 4.68 Å². The monoisotopic (exact) mass is 361 g/mol. The van der Waals surface area contributed by atoms with E-state index in [0.29, 0.717) is 30.6 Å². The van der Waals surface area contributed by atoms with E-state index in [1.165, 1.54) is 22.9 Å². The van der Waals surface area contributed by atoms with Gasteiger partial charge in [-0.2, -0.15) is 4.68 Å². The standard InChI is InChI=1S/C17H23N5O2S/c1-4-15-10-21(7-8-24-15)16(23)11-25-17-18-19-20-22(17)14-6-5-12(2)13(3)9-14/h5-6,9,15H,4,7-8,10-11H2,1-3H3/t15-/m1/s1. The van der Waals surface area contributed by atoms with Crippen molar-refractivity contribution in [2.45, 2.75) is 38.5 Å². The van der Waals surface area contributed by atoms with Gasteiger partial charge in [0.2, 0.25) is 11.1 Å². The predicted octanol–water partition coefficient (Wildman–Crippen LogP) is 2.01. The topological polar surface area (TPSA) is 73.1 Å². The number of morpholine rings is 1. The number of ether oxygens (including phenoxy) is 1. The molecule has 1 fully saturated rings. The molecule has 2 heterocycles. The maximum atomic E-state index is 12.5. The van der Waals surface area contributed by atoms with Crippen LogP contribution >= 0.6 is 11.8 Å². The number of hydrogen-bond donors (Lipinski definition) is 0. The summed E-state index contributed by atoms with van der Waals surface area (Å²) in [6.45, 7) is 8.12. The Bertz CT molecular complexity index is 748. The Morgan fingerprint density at radius 3 is 2.96 bits per heavy atom. The van der Waals surface area contributed by atoms with Crippen molar-refractivity contribution in [1.82, 2.24) is 25.1 Å². The average Bonchev–Trinajstić information content (AvgIpc) is 3.10. The molecule has 8 heteroatoms. The van der Waals surface area contributed by atoms with E-state index >= 15 is 0 Å². The van der Waals surface area contributed by atoms with E-state index in [1.807, 2.05) is 23.1 Å². The first-order chi connectivity index (χ1) is 12.1. The van der Waals surface area contributed by atoms with Gasteiger partial charge in [0.25, 0.3) is 0 Å². The molecule has 1 atom stereocenters. The van der Waals surface area contributed by atoms with Crippen molar-refractivity contribution in [3.8, 4) is 5.69 Å². The second-order valence-corrected chi connectivity index (χ2v) is 7.11. The summed E-state index contributed by atoms with van der Waals surface area (Å²) >= 11 is 1.36. The van der Waals surface area contributed by atoms with Crippen LogP contribution in [0.2, 0.25) is 0 Å². The summed E-state index contributed by atoms with van der Waals surface area (Å²) in [5.74, 6) is 0.420. The Hall–Kier alpha value is -1.93. The number of amides is 1. The summed E-state index contributed by atoms with van der Waals surface area (Å²) < 4.78 is 7.30. The van der Waals surface area contributed by atoms with Gasteiger partial charge in [0.05, 0.1) is 24.2 Å². The largest absolute Gasteiger partial charge is 0.375 e. The van der Waals surface area contributed by atoms with Gasteiger partial charge in [0, 0.05) is 13.1 Å². The molecular formula is C17H23N5O2S. The third kappa shape index (κ3) is 4.19. The highest BCUT2D eigenvalue weighted by Gasteiger charge is 2.23. The highest BCUT2D eigenvalue weighted by atomic mass is 32.2. The van der Waals surface area contributed by atoms with Crippen LogP contribution in [-0.2, 0) is 9.53 Å². The number of thioether (sulfide) groups is 1. The number of benzene rings is 1. The van der Waals surface area contributed by atoms with Gasteiger partial charge in [-0.1, -0.05) is 24.8 Å². The fraction of sp³-hybridized carbons (Fsp3) is 0.529. The van der Waals surface area contributed by atoms with Crippen molar-refractivity contribution in [2.75, 3.05) is 25.4 Å². The van der Waals surface area contributed by atoms with Gasteiger partial charge in [-0.3, -0.25) is 4.79 Å². The number of carbonyl (C=O) groups is 1. The zero-order valence-corrected chi connectivity index (χ0v) is 15.6. The fourth-order valence-corrected chi connectivity index (χ4v) is 3.49. The molecule has 134 valence electrons. The maximum Gasteiger partial charge on any atom is 0.233 e. The van der Waals surface area contributed by atoms with Crippen LogP contribution in [-0.4, -0.2) is 62.6 Å². The number of rotatable bonds is 5. The molecule has 1 amide bonds. The Balaban J connectivity index is 1.65. The Morgan fingerprint density at radius 2 is 2.20 bits per heavy atom. The molecule has 0 spiro atoms. The predicted molar refractivity (Wildman–Crippen MR) is 96.0 cm³/mol. The minimum absolute atomic E-state index is 0.0985. The van der Waals surface area contributed by atoms with Crippen LogP contribution in [0.15, 0.2) is 23.4 Å². The average molecular weight is 361 g/mol. The second kappa shape index (κ2) is 7.97. The van der Waals surface area contributed by atoms with Gasteiger partial charge in [-0.25, -0.2) is 0 Å². The van der Waals surface area contributed by atoms with E-state index in [0.717, 1.165) is 12.1 Å². The molecule has 3 rings (SSSR count). The summed E-state index contributed by atoms with van der Waals surface area (Å²) in [6.07, 6.45) is 1.06. The second-order valence-electron chi connectivity index (χ2n) is 6.17. The van der Waals surface area contributed by atoms with E-state index in [2.05, 4.69) is 36.3 Å². The van der Waals surface area contributed by atoms with Crippen LogP contribution in [0.4, 0.5) is 0 Å². The minimum Gasteiger partial charge on any atom is -0.375 e. The van der Waals surface area contributed by atoms with Gasteiger partial charge in [0.15, 0.2) is 0 Å². The highest BCUT2D eigenvalue weighted by molar-refractivity contribution is 7.99. The number of carbonyl (C=O) groups excluding carboxylic acids is 1. The van der Waals surface area contributed by atoms with Crippen molar-refractivity contribution < 1.29 is 9.53 Å². The van der Waals surface area contributed by atoms with E-state index in [9.17, 15) is 4.79 Å². The number of aryl methyl sites for hydroxylation is 2. The number of tetrazole rings is 1. The normalized spacial score (nSPS) is 17.7. The number of aromatic nitrogens is 4. The molecule has 2 aromatic rings. The molecule has 0 N–H and O–H groups in total. The Morgan fingerprint density at radius 1 is 1.36 bits per heavy atom. The van der Waals surface area contributed by atoms with Crippen molar-refractivity contribution in [3.05, 3.63) is 29.3 Å². The number of hydrogen-bond acceptors (Lipinski definition) is 6. The molecule has 1 aliphatic heterocycles. The third-order valence-corrected chi connectivity index (χ3v) is 5.35. The first kappa shape index (κ1) is 17.9. The van der Waals surface area contributed by atoms with E-state index in [-0.39, 0.29) is 12.0 Å². The molecule has 7 nitrogen and oxygen atoms in total. The van der Waals surface area contributed by atoms with Crippen molar-refractivity contribution >= 4 is 17.7 Å². The molecular weight excluding hydrogens is 338 g/mol. The molecule has 1 aliphatic rings. The summed E-state index contributed by atoms with van der Waals surface area (Å²) in [7, 11) is 0. The Labute approximate surface area is 151 Å². The lowest BCUT2D eigenvalue weighted by molar-refractivity contribution is -0.135. The van der Waals surface area contributed by atoms with Crippen LogP contribution in [0.5, 0.6) is 0 Å². The zero-order valence-electron chi connectivity index (χ0n) is 14.8. The molecule has 1 aromatic carbocycles. The van der Waals surface area contributed by atoms with Crippen LogP contribution in [0.1, 0.15) is 24.5 Å². The summed E-state index contributed by atoms with van der Waals surface area (Å²) in [4.78, 5) is 14.3. The van der Waals surface area contributed by atoms with E-state index in [4.69, 9.17) is 4.74 Å². The van der Waals surface area contributed by atoms with Crippen LogP contribution in [0.25, 0.3) is 5.69 Å². The molecule has 0 unspecified atom stereocenters. The molecule has 0 bridgehead atoms. The SMILES string of the molecule is CC[C@@H]1CN(C(=O)CSc2nnnn2-c2ccc(C)c(C)c2)CCO1. The van der Waals surface area contributed by atoms with Crippen molar-refractivity contribution in [2.24, 2.45) is 0 Å². The quantitative estimate of drug-likeness (QED) is 0.759. The number of nitrogens with zero attached hydrogens (tertiary/aromatic N) is 5. The van der Waals surface area contributed by atoms with Gasteiger partial charge in [-0.15, -0.1) is 5.10 Å².